The van der Waals surface area contributed by atoms with Gasteiger partial charge in [-0.1, -0.05) is 23.8 Å². The Hall–Kier alpha value is -1.76. The Morgan fingerprint density at radius 3 is 2.71 bits per heavy atom. The number of hydrogen-bond acceptors (Lipinski definition) is 5. The predicted molar refractivity (Wildman–Crippen MR) is 120 cm³/mol. The molecule has 0 amide bonds. The van der Waals surface area contributed by atoms with Crippen LogP contribution >= 0.6 is 23.2 Å². The molecule has 0 aliphatic heterocycles. The number of aliphatic carboxylic acids is 1. The van der Waals surface area contributed by atoms with Crippen molar-refractivity contribution in [3.63, 3.8) is 0 Å². The minimum atomic E-state index is -0.791. The van der Waals surface area contributed by atoms with Crippen molar-refractivity contribution in [3.05, 3.63) is 40.9 Å². The number of allylic oxidation sites excluding steroid dienone is 2. The Labute approximate surface area is 193 Å². The number of aliphatic hydroxyl groups is 1. The van der Waals surface area contributed by atoms with Crippen LogP contribution in [0.3, 0.4) is 0 Å². The van der Waals surface area contributed by atoms with Crippen LogP contribution in [0.15, 0.2) is 30.4 Å². The summed E-state index contributed by atoms with van der Waals surface area (Å²) < 4.78 is 10.9. The highest BCUT2D eigenvalue weighted by atomic mass is 35.5. The molecule has 2 rings (SSSR count). The van der Waals surface area contributed by atoms with Crippen LogP contribution in [0.4, 0.5) is 0 Å². The number of alkyl halides is 1. The number of carboxylic acid groups (broad SMARTS) is 1. The molecule has 1 aliphatic carbocycles. The zero-order chi connectivity index (χ0) is 22.8. The minimum absolute atomic E-state index is 0.0648. The third-order valence-electron chi connectivity index (χ3n) is 5.38. The summed E-state index contributed by atoms with van der Waals surface area (Å²) in [6.07, 6.45) is 6.65. The van der Waals surface area contributed by atoms with Gasteiger partial charge in [0.1, 0.15) is 5.75 Å². The molecule has 1 aliphatic rings. The summed E-state index contributed by atoms with van der Waals surface area (Å²) in [5.41, 5.74) is 0.895. The Morgan fingerprint density at radius 1 is 1.23 bits per heavy atom. The quantitative estimate of drug-likeness (QED) is 0.199. The summed E-state index contributed by atoms with van der Waals surface area (Å²) >= 11 is 12.7. The number of carbonyl (C=O) groups excluding carboxylic acids is 1. The third-order valence-corrected chi connectivity index (χ3v) is 6.10. The SMILES string of the molecule is CC(=O)OCCc1cc(Cl)cc(OC[C@@H]2[C@@H](C/C=C\CCCC(=O)O)[C@H](Cl)C[C@H]2O)c1. The van der Waals surface area contributed by atoms with Crippen LogP contribution in [0.5, 0.6) is 5.75 Å². The van der Waals surface area contributed by atoms with E-state index in [1.54, 1.807) is 12.1 Å². The van der Waals surface area contributed by atoms with Crippen molar-refractivity contribution in [2.45, 2.75) is 56.9 Å². The first kappa shape index (κ1) is 25.5. The fourth-order valence-electron chi connectivity index (χ4n) is 3.79. The molecule has 1 aromatic rings. The zero-order valence-corrected chi connectivity index (χ0v) is 19.1. The second-order valence-electron chi connectivity index (χ2n) is 7.84. The second-order valence-corrected chi connectivity index (χ2v) is 8.83. The molecule has 0 heterocycles. The molecule has 0 spiro atoms. The first-order chi connectivity index (χ1) is 14.8. The van der Waals surface area contributed by atoms with Crippen molar-refractivity contribution in [1.29, 1.82) is 0 Å². The highest BCUT2D eigenvalue weighted by Crippen LogP contribution is 2.39. The summed E-state index contributed by atoms with van der Waals surface area (Å²) in [5.74, 6) is -0.574. The summed E-state index contributed by atoms with van der Waals surface area (Å²) in [4.78, 5) is 21.5. The number of benzene rings is 1. The zero-order valence-electron chi connectivity index (χ0n) is 17.6. The van der Waals surface area contributed by atoms with Gasteiger partial charge >= 0.3 is 11.9 Å². The number of carbonyl (C=O) groups is 2. The predicted octanol–water partition coefficient (Wildman–Crippen LogP) is 4.63. The molecule has 0 aromatic heterocycles. The molecule has 0 unspecified atom stereocenters. The molecule has 0 radical (unpaired) electrons. The summed E-state index contributed by atoms with van der Waals surface area (Å²) in [7, 11) is 0. The third kappa shape index (κ3) is 9.09. The molecule has 4 atom stereocenters. The van der Waals surface area contributed by atoms with E-state index < -0.39 is 12.1 Å². The molecule has 2 N–H and O–H groups in total. The van der Waals surface area contributed by atoms with E-state index in [0.29, 0.717) is 49.5 Å². The fourth-order valence-corrected chi connectivity index (χ4v) is 4.51. The molecule has 31 heavy (non-hydrogen) atoms. The summed E-state index contributed by atoms with van der Waals surface area (Å²) in [5, 5.41) is 19.5. The van der Waals surface area contributed by atoms with E-state index >= 15 is 0 Å². The van der Waals surface area contributed by atoms with Crippen LogP contribution in [0.1, 0.15) is 44.6 Å². The van der Waals surface area contributed by atoms with E-state index in [9.17, 15) is 14.7 Å². The van der Waals surface area contributed by atoms with Gasteiger partial charge in [0.2, 0.25) is 0 Å². The van der Waals surface area contributed by atoms with Crippen molar-refractivity contribution in [2.75, 3.05) is 13.2 Å². The van der Waals surface area contributed by atoms with Gasteiger partial charge in [-0.05, 0) is 55.4 Å². The van der Waals surface area contributed by atoms with E-state index in [4.69, 9.17) is 37.8 Å². The van der Waals surface area contributed by atoms with Gasteiger partial charge in [0.05, 0.1) is 19.3 Å². The number of aliphatic hydroxyl groups excluding tert-OH is 1. The van der Waals surface area contributed by atoms with Gasteiger partial charge in [-0.15, -0.1) is 11.6 Å². The molecule has 0 saturated heterocycles. The van der Waals surface area contributed by atoms with E-state index in [-0.39, 0.29) is 36.2 Å². The first-order valence-corrected chi connectivity index (χ1v) is 11.3. The number of rotatable bonds is 12. The average Bonchev–Trinajstić information content (AvgIpc) is 2.94. The molecule has 8 heteroatoms. The number of halogens is 2. The molecule has 0 bridgehead atoms. The Balaban J connectivity index is 1.90. The van der Waals surface area contributed by atoms with Gasteiger partial charge in [-0.25, -0.2) is 0 Å². The highest BCUT2D eigenvalue weighted by molar-refractivity contribution is 6.30. The van der Waals surface area contributed by atoms with Crippen LogP contribution < -0.4 is 4.74 Å². The molecule has 172 valence electrons. The Kier molecular flexibility index (Phi) is 10.6. The lowest BCUT2D eigenvalue weighted by Crippen LogP contribution is -2.27. The molecule has 1 aromatic carbocycles. The maximum Gasteiger partial charge on any atom is 0.303 e. The average molecular weight is 473 g/mol. The lowest BCUT2D eigenvalue weighted by Gasteiger charge is -2.23. The first-order valence-electron chi connectivity index (χ1n) is 10.5. The van der Waals surface area contributed by atoms with Crippen molar-refractivity contribution >= 4 is 35.1 Å². The van der Waals surface area contributed by atoms with E-state index in [2.05, 4.69) is 0 Å². The lowest BCUT2D eigenvalue weighted by atomic mass is 9.92. The van der Waals surface area contributed by atoms with Crippen molar-refractivity contribution in [1.82, 2.24) is 0 Å². The largest absolute Gasteiger partial charge is 0.493 e. The van der Waals surface area contributed by atoms with Crippen molar-refractivity contribution in [2.24, 2.45) is 11.8 Å². The van der Waals surface area contributed by atoms with Crippen molar-refractivity contribution in [3.8, 4) is 5.75 Å². The van der Waals surface area contributed by atoms with Crippen LogP contribution in [0.25, 0.3) is 0 Å². The lowest BCUT2D eigenvalue weighted by molar-refractivity contribution is -0.141. The molecular formula is C23H30Cl2O6. The molecule has 6 nitrogen and oxygen atoms in total. The topological polar surface area (TPSA) is 93.1 Å². The maximum atomic E-state index is 10.9. The van der Waals surface area contributed by atoms with E-state index in [0.717, 1.165) is 5.56 Å². The Morgan fingerprint density at radius 2 is 2.00 bits per heavy atom. The fraction of sp³-hybridized carbons (Fsp3) is 0.565. The molecular weight excluding hydrogens is 443 g/mol. The van der Waals surface area contributed by atoms with Crippen LogP contribution in [-0.4, -0.2) is 46.8 Å². The van der Waals surface area contributed by atoms with Gasteiger partial charge in [-0.3, -0.25) is 9.59 Å². The van der Waals surface area contributed by atoms with Gasteiger partial charge in [0, 0.05) is 36.1 Å². The molecule has 1 fully saturated rings. The molecule has 1 saturated carbocycles. The van der Waals surface area contributed by atoms with Gasteiger partial charge in [0.25, 0.3) is 0 Å². The van der Waals surface area contributed by atoms with Gasteiger partial charge < -0.3 is 19.7 Å². The number of ether oxygens (including phenoxy) is 2. The van der Waals surface area contributed by atoms with E-state index in [1.807, 2.05) is 18.2 Å². The monoisotopic (exact) mass is 472 g/mol. The smallest absolute Gasteiger partial charge is 0.303 e. The van der Waals surface area contributed by atoms with Crippen LogP contribution in [0, 0.1) is 11.8 Å². The summed E-state index contributed by atoms with van der Waals surface area (Å²) in [6.45, 7) is 1.95. The minimum Gasteiger partial charge on any atom is -0.493 e. The van der Waals surface area contributed by atoms with Crippen LogP contribution in [0.2, 0.25) is 5.02 Å². The highest BCUT2D eigenvalue weighted by Gasteiger charge is 2.41. The maximum absolute atomic E-state index is 10.9. The van der Waals surface area contributed by atoms with Crippen LogP contribution in [-0.2, 0) is 20.7 Å². The summed E-state index contributed by atoms with van der Waals surface area (Å²) in [6, 6.07) is 5.37. The normalized spacial score (nSPS) is 23.2. The number of carboxylic acids is 1. The van der Waals surface area contributed by atoms with Gasteiger partial charge in [0.15, 0.2) is 0 Å². The van der Waals surface area contributed by atoms with Gasteiger partial charge in [-0.2, -0.15) is 0 Å². The number of esters is 1. The number of hydrogen-bond donors (Lipinski definition) is 2. The second kappa shape index (κ2) is 12.9. The standard InChI is InChI=1S/C23H30Cl2O6/c1-15(26)30-9-8-16-10-17(24)12-18(11-16)31-14-20-19(21(25)13-22(20)27)6-4-2-3-5-7-23(28)29/h2,4,10-12,19-22,27H,3,5-9,13-14H2,1H3,(H,28,29)/b4-2-/t19-,20-,21-,22-/m1/s1. The van der Waals surface area contributed by atoms with E-state index in [1.165, 1.54) is 6.92 Å². The Bertz CT molecular complexity index is 766. The number of unbranched alkanes of at least 4 members (excludes halogenated alkanes) is 1. The van der Waals surface area contributed by atoms with Crippen molar-refractivity contribution < 1.29 is 29.3 Å².